The lowest BCUT2D eigenvalue weighted by Gasteiger charge is -2.15. The number of thiocarbonyl (C=S) groups is 1. The smallest absolute Gasteiger partial charge is 0.246 e. The summed E-state index contributed by atoms with van der Waals surface area (Å²) in [7, 11) is 0. The molecule has 242 valence electrons. The first kappa shape index (κ1) is 38.9. The molecule has 5 amide bonds. The van der Waals surface area contributed by atoms with Crippen LogP contribution < -0.4 is 21.7 Å². The van der Waals surface area contributed by atoms with Gasteiger partial charge in [0.05, 0.1) is 0 Å². The summed E-state index contributed by atoms with van der Waals surface area (Å²) in [6, 6.07) is 0. The van der Waals surface area contributed by atoms with Crippen molar-refractivity contribution in [2.75, 3.05) is 39.3 Å². The molecule has 0 fully saturated rings. The van der Waals surface area contributed by atoms with E-state index in [4.69, 9.17) is 18.0 Å². The topological polar surface area (TPSA) is 218 Å². The monoisotopic (exact) mass is 619 g/mol. The molecule has 0 aromatic carbocycles. The highest BCUT2D eigenvalue weighted by Crippen LogP contribution is 2.03. The van der Waals surface area contributed by atoms with Crippen LogP contribution in [-0.4, -0.2) is 105 Å². The van der Waals surface area contributed by atoms with Crippen LogP contribution in [0.2, 0.25) is 0 Å². The van der Waals surface area contributed by atoms with E-state index in [1.807, 2.05) is 0 Å². The zero-order valence-corrected chi connectivity index (χ0v) is 25.5. The number of nitrogens with two attached hydrogens (primary N) is 1. The largest absolute Gasteiger partial charge is 0.376 e. The van der Waals surface area contributed by atoms with Crippen molar-refractivity contribution in [3.8, 4) is 0 Å². The average Bonchev–Trinajstić information content (AvgIpc) is 2.94. The third kappa shape index (κ3) is 22.6. The predicted octanol–water partition coefficient (Wildman–Crippen LogP) is 0.797. The maximum atomic E-state index is 12.0. The highest BCUT2D eigenvalue weighted by molar-refractivity contribution is 7.80. The van der Waals surface area contributed by atoms with Crippen molar-refractivity contribution in [3.63, 3.8) is 0 Å². The van der Waals surface area contributed by atoms with Crippen molar-refractivity contribution < 1.29 is 39.6 Å². The van der Waals surface area contributed by atoms with Crippen LogP contribution in [0.15, 0.2) is 0 Å². The lowest BCUT2D eigenvalue weighted by molar-refractivity contribution is -0.166. The molecule has 0 aromatic rings. The maximum absolute atomic E-state index is 12.0. The first-order valence-corrected chi connectivity index (χ1v) is 14.9. The number of carbonyl (C=O) groups excluding carboxylic acids is 5. The number of nitrogens with zero attached hydrogens (tertiary/aromatic N) is 3. The lowest BCUT2D eigenvalue weighted by atomic mass is 10.2. The lowest BCUT2D eigenvalue weighted by Crippen LogP contribution is -2.32. The molecule has 0 saturated heterocycles. The number of unbranched alkanes of at least 4 members (excludes halogenated alkanes) is 6. The van der Waals surface area contributed by atoms with Gasteiger partial charge in [-0.05, 0) is 70.0 Å². The van der Waals surface area contributed by atoms with Crippen molar-refractivity contribution in [1.82, 2.24) is 31.1 Å². The molecule has 0 saturated carbocycles. The number of hydrogen-bond acceptors (Lipinski definition) is 9. The number of hydrogen-bond donors (Lipinski definition) is 7. The molecule has 0 rings (SSSR count). The Kier molecular flexibility index (Phi) is 22.7. The summed E-state index contributed by atoms with van der Waals surface area (Å²) >= 11 is 4.70. The van der Waals surface area contributed by atoms with Crippen LogP contribution in [0.3, 0.4) is 0 Å². The molecular formula is C26H49N7O8S. The fraction of sp³-hybridized carbons (Fsp3) is 0.769. The van der Waals surface area contributed by atoms with Gasteiger partial charge in [0.25, 0.3) is 0 Å². The summed E-state index contributed by atoms with van der Waals surface area (Å²) in [5, 5.41) is 39.3. The van der Waals surface area contributed by atoms with Crippen LogP contribution in [0.1, 0.15) is 90.4 Å². The summed E-state index contributed by atoms with van der Waals surface area (Å²) < 4.78 is 0. The second-order valence-electron chi connectivity index (χ2n) is 9.85. The Bertz CT molecular complexity index is 849. The zero-order chi connectivity index (χ0) is 31.8. The summed E-state index contributed by atoms with van der Waals surface area (Å²) in [4.78, 5) is 58.6. The van der Waals surface area contributed by atoms with E-state index in [1.165, 1.54) is 6.92 Å². The Balaban J connectivity index is 3.76. The van der Waals surface area contributed by atoms with Gasteiger partial charge in [-0.2, -0.15) is 0 Å². The van der Waals surface area contributed by atoms with Crippen molar-refractivity contribution >= 4 is 46.9 Å². The van der Waals surface area contributed by atoms with Gasteiger partial charge in [0.2, 0.25) is 29.5 Å². The maximum Gasteiger partial charge on any atom is 0.246 e. The Labute approximate surface area is 253 Å². The molecule has 0 spiro atoms. The molecule has 42 heavy (non-hydrogen) atoms. The fourth-order valence-electron chi connectivity index (χ4n) is 3.64. The molecule has 0 heterocycles. The van der Waals surface area contributed by atoms with Gasteiger partial charge in [0.15, 0.2) is 5.11 Å². The third-order valence-electron chi connectivity index (χ3n) is 6.15. The molecule has 0 radical (unpaired) electrons. The van der Waals surface area contributed by atoms with Gasteiger partial charge in [0.1, 0.15) is 0 Å². The molecule has 8 N–H and O–H groups in total. The molecule has 16 heteroatoms. The second kappa shape index (κ2) is 24.5. The van der Waals surface area contributed by atoms with Crippen molar-refractivity contribution in [2.45, 2.75) is 90.4 Å². The molecular weight excluding hydrogens is 570 g/mol. The van der Waals surface area contributed by atoms with Crippen LogP contribution in [-0.2, 0) is 24.0 Å². The van der Waals surface area contributed by atoms with E-state index in [0.717, 1.165) is 12.8 Å². The van der Waals surface area contributed by atoms with Crippen LogP contribution in [0, 0.1) is 0 Å². The minimum Gasteiger partial charge on any atom is -0.376 e. The second-order valence-corrected chi connectivity index (χ2v) is 10.3. The summed E-state index contributed by atoms with van der Waals surface area (Å²) in [6.07, 6.45) is 5.63. The van der Waals surface area contributed by atoms with Gasteiger partial charge in [0, 0.05) is 71.9 Å². The third-order valence-corrected chi connectivity index (χ3v) is 6.30. The van der Waals surface area contributed by atoms with Gasteiger partial charge in [-0.25, -0.2) is 15.2 Å². The normalized spacial score (nSPS) is 10.5. The Morgan fingerprint density at radius 2 is 0.929 bits per heavy atom. The zero-order valence-electron chi connectivity index (χ0n) is 24.6. The fourth-order valence-corrected chi connectivity index (χ4v) is 3.74. The summed E-state index contributed by atoms with van der Waals surface area (Å²) in [5.74, 6) is -2.10. The van der Waals surface area contributed by atoms with Crippen LogP contribution in [0.5, 0.6) is 0 Å². The Hall–Kier alpha value is -3.08. The van der Waals surface area contributed by atoms with E-state index in [-0.39, 0.29) is 62.2 Å². The number of hydroxylamine groups is 6. The van der Waals surface area contributed by atoms with Gasteiger partial charge in [-0.1, -0.05) is 0 Å². The quantitative estimate of drug-likeness (QED) is 0.0347. The average molecular weight is 620 g/mol. The molecule has 0 bridgehead atoms. The van der Waals surface area contributed by atoms with Gasteiger partial charge in [-0.3, -0.25) is 39.6 Å². The van der Waals surface area contributed by atoms with Gasteiger partial charge < -0.3 is 21.7 Å². The van der Waals surface area contributed by atoms with Crippen molar-refractivity contribution in [2.24, 2.45) is 5.73 Å². The molecule has 0 atom stereocenters. The minimum absolute atomic E-state index is 0.0379. The van der Waals surface area contributed by atoms with Crippen LogP contribution in [0.25, 0.3) is 0 Å². The van der Waals surface area contributed by atoms with Crippen molar-refractivity contribution in [3.05, 3.63) is 0 Å². The number of rotatable bonds is 24. The molecule has 15 nitrogen and oxygen atoms in total. The summed E-state index contributed by atoms with van der Waals surface area (Å²) in [6.45, 7) is 3.22. The van der Waals surface area contributed by atoms with E-state index in [2.05, 4.69) is 16.0 Å². The van der Waals surface area contributed by atoms with Crippen LogP contribution >= 0.6 is 12.2 Å². The van der Waals surface area contributed by atoms with Gasteiger partial charge >= 0.3 is 0 Å². The van der Waals surface area contributed by atoms with E-state index < -0.39 is 17.7 Å². The molecule has 0 unspecified atom stereocenters. The predicted molar refractivity (Wildman–Crippen MR) is 157 cm³/mol. The van der Waals surface area contributed by atoms with E-state index in [0.29, 0.717) is 79.8 Å². The molecule has 0 aromatic heterocycles. The van der Waals surface area contributed by atoms with E-state index in [1.54, 1.807) is 0 Å². The van der Waals surface area contributed by atoms with E-state index in [9.17, 15) is 39.6 Å². The highest BCUT2D eigenvalue weighted by Gasteiger charge is 2.14. The molecule has 0 aliphatic heterocycles. The van der Waals surface area contributed by atoms with E-state index >= 15 is 0 Å². The SMILES string of the molecule is CC(=O)N(O)CCCCCNC(=O)CCC(=O)N(O)CCCCCNC(=O)CCC(=O)N(O)CCCCCNC(N)=S. The van der Waals surface area contributed by atoms with Crippen molar-refractivity contribution in [1.29, 1.82) is 0 Å². The first-order chi connectivity index (χ1) is 19.9. The van der Waals surface area contributed by atoms with Gasteiger partial charge in [-0.15, -0.1) is 0 Å². The first-order valence-electron chi connectivity index (χ1n) is 14.5. The molecule has 0 aliphatic carbocycles. The van der Waals surface area contributed by atoms with Crippen LogP contribution in [0.4, 0.5) is 0 Å². The standard InChI is InChI=1S/C26H49N7O8S/c1-21(34)31(39)18-8-2-5-15-28-22(35)11-13-24(37)32(40)19-9-3-6-16-29-23(36)12-14-25(38)33(41)20-10-4-7-17-30-26(27)42/h39-41H,2-20H2,1H3,(H,28,35)(H,29,36)(H3,27,30,42). The Morgan fingerprint density at radius 3 is 1.29 bits per heavy atom. The Morgan fingerprint density at radius 1 is 0.571 bits per heavy atom. The summed E-state index contributed by atoms with van der Waals surface area (Å²) in [5.41, 5.74) is 5.32. The number of nitrogens with one attached hydrogen (secondary N) is 3. The highest BCUT2D eigenvalue weighted by atomic mass is 32.1. The number of amides is 5. The molecule has 0 aliphatic rings. The minimum atomic E-state index is -0.554. The number of carbonyl (C=O) groups is 5.